The van der Waals surface area contributed by atoms with Crippen LogP contribution >= 0.6 is 0 Å². The predicted molar refractivity (Wildman–Crippen MR) is 93.2 cm³/mol. The molecule has 0 radical (unpaired) electrons. The van der Waals surface area contributed by atoms with E-state index in [-0.39, 0.29) is 0 Å². The lowest BCUT2D eigenvalue weighted by molar-refractivity contribution is 0.163. The second-order valence-electron chi connectivity index (χ2n) is 4.43. The molecule has 0 bridgehead atoms. The Hall–Kier alpha value is -3.01. The van der Waals surface area contributed by atoms with Crippen molar-refractivity contribution in [1.29, 1.82) is 0 Å². The van der Waals surface area contributed by atoms with Crippen LogP contribution in [0.2, 0.25) is 0 Å². The summed E-state index contributed by atoms with van der Waals surface area (Å²) in [6.45, 7) is 9.87. The van der Waals surface area contributed by atoms with Crippen molar-refractivity contribution in [3.63, 3.8) is 0 Å². The van der Waals surface area contributed by atoms with E-state index in [0.29, 0.717) is 18.1 Å². The quantitative estimate of drug-likeness (QED) is 0.830. The summed E-state index contributed by atoms with van der Waals surface area (Å²) >= 11 is 0. The first-order chi connectivity index (χ1) is 11.0. The molecule has 0 aliphatic carbocycles. The first kappa shape index (κ1) is 18.0. The van der Waals surface area contributed by atoms with Crippen LogP contribution in [-0.4, -0.2) is 12.7 Å². The first-order valence-corrected chi connectivity index (χ1v) is 7.13. The molecule has 2 N–H and O–H groups in total. The number of hydrogen-bond donors (Lipinski definition) is 1. The summed E-state index contributed by atoms with van der Waals surface area (Å²) in [5.41, 5.74) is 6.47. The molecule has 120 valence electrons. The van der Waals surface area contributed by atoms with Crippen LogP contribution in [0.1, 0.15) is 18.1 Å². The van der Waals surface area contributed by atoms with Gasteiger partial charge in [-0.1, -0.05) is 73.8 Å². The molecule has 0 fully saturated rings. The number of hydrogen-bond acceptors (Lipinski definition) is 3. The maximum atomic E-state index is 9.60. The van der Waals surface area contributed by atoms with E-state index in [1.54, 1.807) is 6.92 Å². The molecule has 0 saturated carbocycles. The molecule has 0 spiro atoms. The van der Waals surface area contributed by atoms with Crippen molar-refractivity contribution >= 4 is 17.6 Å². The number of primary amides is 1. The molecule has 23 heavy (non-hydrogen) atoms. The second kappa shape index (κ2) is 9.84. The largest absolute Gasteiger partial charge is 0.457 e. The predicted octanol–water partition coefficient (Wildman–Crippen LogP) is 4.45. The molecule has 0 atom stereocenters. The topological polar surface area (TPSA) is 61.6 Å². The van der Waals surface area contributed by atoms with E-state index in [1.165, 1.54) is 0 Å². The lowest BCUT2D eigenvalue weighted by atomic mass is 10.2. The van der Waals surface area contributed by atoms with Crippen LogP contribution in [0.15, 0.2) is 73.8 Å². The van der Waals surface area contributed by atoms with Crippen molar-refractivity contribution in [2.75, 3.05) is 6.61 Å². The van der Waals surface area contributed by atoms with Crippen molar-refractivity contribution in [3.05, 3.63) is 84.9 Å². The maximum Gasteiger partial charge on any atom is 0.404 e. The maximum absolute atomic E-state index is 9.60. The van der Waals surface area contributed by atoms with Gasteiger partial charge in [0, 0.05) is 11.1 Å². The van der Waals surface area contributed by atoms with Gasteiger partial charge in [0.25, 0.3) is 0 Å². The van der Waals surface area contributed by atoms with Gasteiger partial charge in [0.1, 0.15) is 11.5 Å². The SMILES string of the molecule is C=C(OC(=C)c1ccccc1)c1ccccc1.CCOC(N)=O. The summed E-state index contributed by atoms with van der Waals surface area (Å²) in [4.78, 5) is 9.60. The Balaban J connectivity index is 0.000000379. The van der Waals surface area contributed by atoms with Gasteiger partial charge in [-0.2, -0.15) is 0 Å². The number of nitrogens with two attached hydrogens (primary N) is 1. The smallest absolute Gasteiger partial charge is 0.404 e. The normalized spacial score (nSPS) is 9.09. The van der Waals surface area contributed by atoms with E-state index >= 15 is 0 Å². The number of rotatable bonds is 5. The van der Waals surface area contributed by atoms with Crippen LogP contribution in [0.4, 0.5) is 4.79 Å². The number of ether oxygens (including phenoxy) is 2. The molecular formula is C19H21NO3. The average molecular weight is 311 g/mol. The van der Waals surface area contributed by atoms with Gasteiger partial charge in [0.15, 0.2) is 0 Å². The summed E-state index contributed by atoms with van der Waals surface area (Å²) < 4.78 is 9.81. The molecular weight excluding hydrogens is 290 g/mol. The van der Waals surface area contributed by atoms with Crippen LogP contribution in [-0.2, 0) is 9.47 Å². The van der Waals surface area contributed by atoms with Crippen LogP contribution < -0.4 is 5.73 Å². The van der Waals surface area contributed by atoms with Gasteiger partial charge in [-0.15, -0.1) is 0 Å². The highest BCUT2D eigenvalue weighted by Crippen LogP contribution is 2.22. The van der Waals surface area contributed by atoms with Crippen molar-refractivity contribution in [2.45, 2.75) is 6.92 Å². The van der Waals surface area contributed by atoms with Crippen LogP contribution in [0.5, 0.6) is 0 Å². The minimum absolute atomic E-state index is 0.356. The summed E-state index contributed by atoms with van der Waals surface area (Å²) in [6.07, 6.45) is -0.711. The first-order valence-electron chi connectivity index (χ1n) is 7.13. The van der Waals surface area contributed by atoms with Crippen molar-refractivity contribution in [3.8, 4) is 0 Å². The van der Waals surface area contributed by atoms with Crippen molar-refractivity contribution < 1.29 is 14.3 Å². The molecule has 0 aromatic heterocycles. The van der Waals surface area contributed by atoms with Gasteiger partial charge in [0.2, 0.25) is 0 Å². The molecule has 2 aromatic carbocycles. The van der Waals surface area contributed by atoms with Crippen LogP contribution in [0.25, 0.3) is 11.5 Å². The fraction of sp³-hybridized carbons (Fsp3) is 0.105. The lowest BCUT2D eigenvalue weighted by Crippen LogP contribution is -2.11. The minimum Gasteiger partial charge on any atom is -0.457 e. The summed E-state index contributed by atoms with van der Waals surface area (Å²) in [5, 5.41) is 0. The third-order valence-corrected chi connectivity index (χ3v) is 2.72. The highest BCUT2D eigenvalue weighted by atomic mass is 16.5. The Bertz CT molecular complexity index is 587. The van der Waals surface area contributed by atoms with E-state index in [4.69, 9.17) is 4.74 Å². The van der Waals surface area contributed by atoms with Gasteiger partial charge in [-0.25, -0.2) is 4.79 Å². The summed E-state index contributed by atoms with van der Waals surface area (Å²) in [7, 11) is 0. The fourth-order valence-corrected chi connectivity index (χ4v) is 1.66. The number of carbonyl (C=O) groups is 1. The molecule has 1 amide bonds. The van der Waals surface area contributed by atoms with Crippen LogP contribution in [0.3, 0.4) is 0 Å². The molecule has 0 saturated heterocycles. The van der Waals surface area contributed by atoms with E-state index in [2.05, 4.69) is 23.6 Å². The highest BCUT2D eigenvalue weighted by Gasteiger charge is 2.03. The second-order valence-corrected chi connectivity index (χ2v) is 4.43. The minimum atomic E-state index is -0.711. The molecule has 2 rings (SSSR count). The van der Waals surface area contributed by atoms with Gasteiger partial charge in [-0.3, -0.25) is 0 Å². The van der Waals surface area contributed by atoms with Crippen LogP contribution in [0, 0.1) is 0 Å². The molecule has 0 heterocycles. The fourth-order valence-electron chi connectivity index (χ4n) is 1.66. The Morgan fingerprint density at radius 2 is 1.30 bits per heavy atom. The third kappa shape index (κ3) is 7.00. The zero-order valence-electron chi connectivity index (χ0n) is 13.2. The van der Waals surface area contributed by atoms with E-state index in [0.717, 1.165) is 11.1 Å². The average Bonchev–Trinajstić information content (AvgIpc) is 2.57. The zero-order valence-corrected chi connectivity index (χ0v) is 13.2. The van der Waals surface area contributed by atoms with Gasteiger partial charge in [-0.05, 0) is 6.92 Å². The van der Waals surface area contributed by atoms with E-state index in [1.807, 2.05) is 60.7 Å². The monoisotopic (exact) mass is 311 g/mol. The Morgan fingerprint density at radius 3 is 1.57 bits per heavy atom. The van der Waals surface area contributed by atoms with E-state index in [9.17, 15) is 4.79 Å². The Kier molecular flexibility index (Phi) is 7.72. The van der Waals surface area contributed by atoms with Gasteiger partial charge in [0.05, 0.1) is 6.61 Å². The third-order valence-electron chi connectivity index (χ3n) is 2.72. The number of carbonyl (C=O) groups excluding carboxylic acids is 1. The zero-order chi connectivity index (χ0) is 17.1. The molecule has 0 unspecified atom stereocenters. The van der Waals surface area contributed by atoms with E-state index < -0.39 is 6.09 Å². The molecule has 0 aliphatic heterocycles. The molecule has 0 aliphatic rings. The summed E-state index contributed by atoms with van der Waals surface area (Å²) in [5.74, 6) is 1.22. The van der Waals surface area contributed by atoms with Gasteiger partial charge < -0.3 is 15.2 Å². The number of benzene rings is 2. The van der Waals surface area contributed by atoms with Crippen molar-refractivity contribution in [1.82, 2.24) is 0 Å². The highest BCUT2D eigenvalue weighted by molar-refractivity contribution is 5.67. The lowest BCUT2D eigenvalue weighted by Gasteiger charge is -2.11. The molecule has 4 nitrogen and oxygen atoms in total. The number of amides is 1. The molecule has 4 heteroatoms. The van der Waals surface area contributed by atoms with Gasteiger partial charge >= 0.3 is 6.09 Å². The summed E-state index contributed by atoms with van der Waals surface area (Å²) in [6, 6.07) is 19.6. The molecule has 2 aromatic rings. The Morgan fingerprint density at radius 1 is 0.913 bits per heavy atom. The standard InChI is InChI=1S/C16H14O.C3H7NO2/c1-13(15-9-5-3-6-10-15)17-14(2)16-11-7-4-8-12-16;1-2-6-3(4)5/h3-12H,1-2H2;2H2,1H3,(H2,4,5). The van der Waals surface area contributed by atoms with Crippen molar-refractivity contribution in [2.24, 2.45) is 5.73 Å². The Labute approximate surface area is 136 Å².